The van der Waals surface area contributed by atoms with Crippen molar-refractivity contribution >= 4 is 22.5 Å². The van der Waals surface area contributed by atoms with Gasteiger partial charge >= 0.3 is 0 Å². The molecule has 0 spiro atoms. The first-order valence-electron chi connectivity index (χ1n) is 7.44. The number of hydrogen-bond donors (Lipinski definition) is 0. The standard InChI is InChI=1S/C19H13N3O/c20-11-10-16-14-7-1-2-8-15(14)19(23)22(16)17-9-3-5-13-6-4-12-21-18(13)17/h1-9,12,16H,10H2. The third kappa shape index (κ3) is 1.98. The molecule has 0 saturated heterocycles. The van der Waals surface area contributed by atoms with Crippen LogP contribution in [0.1, 0.15) is 28.4 Å². The van der Waals surface area contributed by atoms with Crippen LogP contribution in [-0.4, -0.2) is 10.9 Å². The van der Waals surface area contributed by atoms with Gasteiger partial charge in [0.2, 0.25) is 0 Å². The van der Waals surface area contributed by atoms with Crippen LogP contribution in [0.4, 0.5) is 5.69 Å². The highest BCUT2D eigenvalue weighted by Crippen LogP contribution is 2.41. The van der Waals surface area contributed by atoms with Crippen LogP contribution in [0, 0.1) is 11.3 Å². The van der Waals surface area contributed by atoms with E-state index in [0.29, 0.717) is 5.56 Å². The summed E-state index contributed by atoms with van der Waals surface area (Å²) in [5.74, 6) is -0.0704. The molecule has 4 heteroatoms. The highest BCUT2D eigenvalue weighted by Gasteiger charge is 2.38. The van der Waals surface area contributed by atoms with Gasteiger partial charge in [-0.2, -0.15) is 5.26 Å². The number of rotatable bonds is 2. The predicted molar refractivity (Wildman–Crippen MR) is 88.0 cm³/mol. The molecular formula is C19H13N3O. The molecule has 1 aromatic heterocycles. The number of benzene rings is 2. The maximum absolute atomic E-state index is 12.9. The van der Waals surface area contributed by atoms with E-state index in [1.807, 2.05) is 54.6 Å². The number of pyridine rings is 1. The first kappa shape index (κ1) is 13.5. The molecule has 0 N–H and O–H groups in total. The molecule has 0 bridgehead atoms. The lowest BCUT2D eigenvalue weighted by atomic mass is 10.0. The minimum Gasteiger partial charge on any atom is -0.298 e. The summed E-state index contributed by atoms with van der Waals surface area (Å²) in [5, 5.41) is 10.2. The summed E-state index contributed by atoms with van der Waals surface area (Å²) >= 11 is 0. The molecule has 0 saturated carbocycles. The Morgan fingerprint density at radius 2 is 1.91 bits per heavy atom. The van der Waals surface area contributed by atoms with Crippen molar-refractivity contribution in [2.45, 2.75) is 12.5 Å². The molecule has 1 aliphatic heterocycles. The van der Waals surface area contributed by atoms with E-state index in [1.54, 1.807) is 11.1 Å². The van der Waals surface area contributed by atoms with Crippen LogP contribution in [0.3, 0.4) is 0 Å². The third-order valence-corrected chi connectivity index (χ3v) is 4.24. The topological polar surface area (TPSA) is 57.0 Å². The van der Waals surface area contributed by atoms with Gasteiger partial charge in [-0.25, -0.2) is 0 Å². The van der Waals surface area contributed by atoms with Gasteiger partial charge in [0.25, 0.3) is 5.91 Å². The average Bonchev–Trinajstić information content (AvgIpc) is 2.88. The molecule has 1 aliphatic rings. The van der Waals surface area contributed by atoms with Gasteiger partial charge in [-0.15, -0.1) is 0 Å². The Bertz CT molecular complexity index is 953. The van der Waals surface area contributed by atoms with Crippen LogP contribution in [0.25, 0.3) is 10.9 Å². The van der Waals surface area contributed by atoms with Gasteiger partial charge in [-0.3, -0.25) is 14.7 Å². The molecule has 1 atom stereocenters. The molecule has 2 heterocycles. The van der Waals surface area contributed by atoms with Crippen LogP contribution in [-0.2, 0) is 0 Å². The summed E-state index contributed by atoms with van der Waals surface area (Å²) in [7, 11) is 0. The van der Waals surface area contributed by atoms with Crippen LogP contribution in [0.5, 0.6) is 0 Å². The minimum atomic E-state index is -0.267. The molecule has 4 rings (SSSR count). The van der Waals surface area contributed by atoms with E-state index in [-0.39, 0.29) is 18.4 Å². The minimum absolute atomic E-state index is 0.0704. The van der Waals surface area contributed by atoms with Crippen molar-refractivity contribution < 1.29 is 4.79 Å². The Kier molecular flexibility index (Phi) is 3.06. The number of nitriles is 1. The lowest BCUT2D eigenvalue weighted by Crippen LogP contribution is -2.28. The van der Waals surface area contributed by atoms with E-state index in [9.17, 15) is 10.1 Å². The molecule has 0 radical (unpaired) electrons. The first-order valence-corrected chi connectivity index (χ1v) is 7.44. The van der Waals surface area contributed by atoms with Gasteiger partial charge in [0.15, 0.2) is 0 Å². The molecule has 1 unspecified atom stereocenters. The van der Waals surface area contributed by atoms with E-state index in [1.165, 1.54) is 0 Å². The zero-order chi connectivity index (χ0) is 15.8. The SMILES string of the molecule is N#CCC1c2ccccc2C(=O)N1c1cccc2cccnc12. The van der Waals surface area contributed by atoms with E-state index in [2.05, 4.69) is 11.1 Å². The summed E-state index contributed by atoms with van der Waals surface area (Å²) in [6.45, 7) is 0. The Hall–Kier alpha value is -3.19. The summed E-state index contributed by atoms with van der Waals surface area (Å²) < 4.78 is 0. The number of aromatic nitrogens is 1. The van der Waals surface area contributed by atoms with Crippen molar-refractivity contribution in [2.75, 3.05) is 4.90 Å². The second-order valence-electron chi connectivity index (χ2n) is 5.49. The van der Waals surface area contributed by atoms with Crippen LogP contribution >= 0.6 is 0 Å². The molecule has 1 amide bonds. The highest BCUT2D eigenvalue weighted by molar-refractivity contribution is 6.14. The van der Waals surface area contributed by atoms with Crippen molar-refractivity contribution in [1.29, 1.82) is 5.26 Å². The zero-order valence-corrected chi connectivity index (χ0v) is 12.3. The van der Waals surface area contributed by atoms with Gasteiger partial charge in [-0.05, 0) is 23.8 Å². The van der Waals surface area contributed by atoms with E-state index < -0.39 is 0 Å². The molecule has 2 aromatic carbocycles. The third-order valence-electron chi connectivity index (χ3n) is 4.24. The number of amides is 1. The first-order chi connectivity index (χ1) is 11.3. The molecule has 0 aliphatic carbocycles. The van der Waals surface area contributed by atoms with Gasteiger partial charge in [0, 0.05) is 17.1 Å². The number of para-hydroxylation sites is 1. The summed E-state index contributed by atoms with van der Waals surface area (Å²) in [5.41, 5.74) is 3.11. The molecule has 4 nitrogen and oxygen atoms in total. The number of carbonyl (C=O) groups excluding carboxylic acids is 1. The van der Waals surface area contributed by atoms with Crippen molar-refractivity contribution in [2.24, 2.45) is 0 Å². The predicted octanol–water partition coefficient (Wildman–Crippen LogP) is 3.85. The van der Waals surface area contributed by atoms with Crippen LogP contribution < -0.4 is 4.90 Å². The van der Waals surface area contributed by atoms with Gasteiger partial charge in [0.05, 0.1) is 29.7 Å². The number of carbonyl (C=O) groups is 1. The summed E-state index contributed by atoms with van der Waals surface area (Å²) in [4.78, 5) is 19.1. The maximum Gasteiger partial charge on any atom is 0.259 e. The lowest BCUT2D eigenvalue weighted by Gasteiger charge is -2.24. The van der Waals surface area contributed by atoms with E-state index >= 15 is 0 Å². The summed E-state index contributed by atoms with van der Waals surface area (Å²) in [6, 6.07) is 19.1. The number of fused-ring (bicyclic) bond motifs is 2. The monoisotopic (exact) mass is 299 g/mol. The van der Waals surface area contributed by atoms with Crippen LogP contribution in [0.2, 0.25) is 0 Å². The van der Waals surface area contributed by atoms with Crippen LogP contribution in [0.15, 0.2) is 60.8 Å². The van der Waals surface area contributed by atoms with Gasteiger partial charge < -0.3 is 0 Å². The molecule has 0 fully saturated rings. The Labute approximate surface area is 133 Å². The van der Waals surface area contributed by atoms with Crippen molar-refractivity contribution in [1.82, 2.24) is 4.98 Å². The molecule has 3 aromatic rings. The smallest absolute Gasteiger partial charge is 0.259 e. The van der Waals surface area contributed by atoms with Crippen molar-refractivity contribution in [3.05, 3.63) is 71.9 Å². The fraction of sp³-hybridized carbons (Fsp3) is 0.105. The largest absolute Gasteiger partial charge is 0.298 e. The molecule has 110 valence electrons. The molecular weight excluding hydrogens is 286 g/mol. The van der Waals surface area contributed by atoms with Crippen molar-refractivity contribution in [3.8, 4) is 6.07 Å². The Balaban J connectivity index is 1.94. The van der Waals surface area contributed by atoms with Gasteiger partial charge in [0.1, 0.15) is 0 Å². The summed E-state index contributed by atoms with van der Waals surface area (Å²) in [6.07, 6.45) is 1.98. The fourth-order valence-electron chi connectivity index (χ4n) is 3.24. The normalized spacial score (nSPS) is 16.4. The number of nitrogens with zero attached hydrogens (tertiary/aromatic N) is 3. The Morgan fingerprint density at radius 1 is 1.09 bits per heavy atom. The Morgan fingerprint density at radius 3 is 2.78 bits per heavy atom. The number of anilines is 1. The average molecular weight is 299 g/mol. The quantitative estimate of drug-likeness (QED) is 0.722. The highest BCUT2D eigenvalue weighted by atomic mass is 16.2. The second-order valence-corrected chi connectivity index (χ2v) is 5.49. The van der Waals surface area contributed by atoms with Gasteiger partial charge in [-0.1, -0.05) is 36.4 Å². The van der Waals surface area contributed by atoms with E-state index in [4.69, 9.17) is 0 Å². The number of hydrogen-bond acceptors (Lipinski definition) is 3. The molecule has 23 heavy (non-hydrogen) atoms. The van der Waals surface area contributed by atoms with E-state index in [0.717, 1.165) is 22.2 Å². The lowest BCUT2D eigenvalue weighted by molar-refractivity contribution is 0.0991. The maximum atomic E-state index is 12.9. The van der Waals surface area contributed by atoms with Crippen molar-refractivity contribution in [3.63, 3.8) is 0 Å². The zero-order valence-electron chi connectivity index (χ0n) is 12.3. The second kappa shape index (κ2) is 5.22. The fourth-order valence-corrected chi connectivity index (χ4v) is 3.24.